The highest BCUT2D eigenvalue weighted by Crippen LogP contribution is 2.52. The first-order valence-electron chi connectivity index (χ1n) is 13.4. The summed E-state index contributed by atoms with van der Waals surface area (Å²) in [5.41, 5.74) is -1.88. The summed E-state index contributed by atoms with van der Waals surface area (Å²) in [7, 11) is -3.02. The molecule has 2 aliphatic heterocycles. The quantitative estimate of drug-likeness (QED) is 0.235. The molecule has 1 aromatic carbocycles. The highest BCUT2D eigenvalue weighted by molar-refractivity contribution is 7.52. The maximum absolute atomic E-state index is 16.1. The number of fused-ring (bicyclic) bond motifs is 2. The number of rotatable bonds is 11. The molecular weight excluding hydrogens is 592 g/mol. The summed E-state index contributed by atoms with van der Waals surface area (Å²) in [4.78, 5) is 25.3. The van der Waals surface area contributed by atoms with Crippen LogP contribution in [-0.2, 0) is 23.4 Å². The van der Waals surface area contributed by atoms with E-state index < -0.39 is 56.6 Å². The number of ether oxygens (including phenoxy) is 5. The number of nitrogens with one attached hydrogen (secondary N) is 1. The second kappa shape index (κ2) is 11.8. The van der Waals surface area contributed by atoms with E-state index >= 15 is 4.39 Å². The van der Waals surface area contributed by atoms with E-state index in [1.165, 1.54) is 31.0 Å². The number of aliphatic hydroxyl groups is 1. The van der Waals surface area contributed by atoms with Crippen molar-refractivity contribution in [1.29, 1.82) is 0 Å². The third kappa shape index (κ3) is 6.10. The molecule has 2 aliphatic rings. The SMILES string of the molecule is COc1nc(C)nc2c1ncn2[C@@H]1O[C@H](CO[P@@](=O)(N[C@@H](C)C(=O)OC(C)C)Oc2cccc3c2OCO3)[C@@H](O)[C@@]1(C)F. The standard InChI is InChI=1S/C26H33FN5O10P/c1-13(2)40-24(34)14(3)31-43(35,42-17-9-7-8-16-20(17)38-12-37-16)39-10-18-21(33)26(5,27)25(41-18)32-11-28-19-22(32)29-15(4)30-23(19)36-6/h7-9,11,13-14,18,21,25,33H,10,12H2,1-6H3,(H,31,35)/t14-,18+,21+,25+,26+,43-/m0/s1. The monoisotopic (exact) mass is 625 g/mol. The zero-order chi connectivity index (χ0) is 31.1. The molecule has 234 valence electrons. The van der Waals surface area contributed by atoms with Crippen LogP contribution in [-0.4, -0.2) is 81.1 Å². The number of aryl methyl sites for hydroxylation is 1. The van der Waals surface area contributed by atoms with Crippen LogP contribution in [0.4, 0.5) is 4.39 Å². The lowest BCUT2D eigenvalue weighted by Crippen LogP contribution is -2.41. The average Bonchev–Trinajstić information content (AvgIpc) is 3.64. The molecule has 5 rings (SSSR count). The van der Waals surface area contributed by atoms with Crippen LogP contribution >= 0.6 is 7.75 Å². The number of nitrogens with zero attached hydrogens (tertiary/aromatic N) is 4. The van der Waals surface area contributed by atoms with Crippen LogP contribution in [0.15, 0.2) is 24.5 Å². The second-order valence-corrected chi connectivity index (χ2v) is 12.1. The third-order valence-corrected chi connectivity index (χ3v) is 8.34. The number of halogens is 1. The van der Waals surface area contributed by atoms with Crippen LogP contribution in [0.1, 0.15) is 39.7 Å². The van der Waals surface area contributed by atoms with Gasteiger partial charge in [-0.3, -0.25) is 13.9 Å². The lowest BCUT2D eigenvalue weighted by atomic mass is 9.98. The predicted molar refractivity (Wildman–Crippen MR) is 147 cm³/mol. The minimum Gasteiger partial charge on any atom is -0.479 e. The molecule has 2 aromatic heterocycles. The van der Waals surface area contributed by atoms with Gasteiger partial charge in [0.05, 0.1) is 26.1 Å². The first-order valence-corrected chi connectivity index (χ1v) is 15.0. The summed E-state index contributed by atoms with van der Waals surface area (Å²) in [6.07, 6.45) is -3.61. The summed E-state index contributed by atoms with van der Waals surface area (Å²) >= 11 is 0. The molecule has 0 spiro atoms. The van der Waals surface area contributed by atoms with Crippen molar-refractivity contribution in [2.45, 2.75) is 70.9 Å². The van der Waals surface area contributed by atoms with E-state index in [-0.39, 0.29) is 35.3 Å². The van der Waals surface area contributed by atoms with Crippen molar-refractivity contribution < 1.29 is 51.6 Å². The van der Waals surface area contributed by atoms with Crippen molar-refractivity contribution in [3.05, 3.63) is 30.4 Å². The number of para-hydroxylation sites is 1. The van der Waals surface area contributed by atoms with Gasteiger partial charge in [-0.2, -0.15) is 10.1 Å². The van der Waals surface area contributed by atoms with Gasteiger partial charge in [0.15, 0.2) is 34.6 Å². The summed E-state index contributed by atoms with van der Waals surface area (Å²) in [5, 5.41) is 13.5. The molecule has 0 unspecified atom stereocenters. The van der Waals surface area contributed by atoms with E-state index in [1.807, 2.05) is 0 Å². The van der Waals surface area contributed by atoms with Crippen LogP contribution in [0, 0.1) is 6.92 Å². The second-order valence-electron chi connectivity index (χ2n) is 10.4. The first kappa shape index (κ1) is 30.9. The molecule has 17 heteroatoms. The fourth-order valence-electron chi connectivity index (χ4n) is 4.65. The van der Waals surface area contributed by atoms with Gasteiger partial charge >= 0.3 is 13.7 Å². The minimum atomic E-state index is -4.44. The Labute approximate surface area is 246 Å². The third-order valence-electron chi connectivity index (χ3n) is 6.71. The van der Waals surface area contributed by atoms with E-state index in [2.05, 4.69) is 20.0 Å². The van der Waals surface area contributed by atoms with Crippen molar-refractivity contribution in [2.24, 2.45) is 0 Å². The van der Waals surface area contributed by atoms with Crippen molar-refractivity contribution in [3.8, 4) is 23.1 Å². The molecule has 3 aromatic rings. The van der Waals surface area contributed by atoms with Gasteiger partial charge in [-0.05, 0) is 46.8 Å². The number of imidazole rings is 1. The number of carbonyl (C=O) groups excluding carboxylic acids is 1. The summed E-state index contributed by atoms with van der Waals surface area (Å²) < 4.78 is 70.0. The lowest BCUT2D eigenvalue weighted by Gasteiger charge is -2.25. The van der Waals surface area contributed by atoms with Crippen molar-refractivity contribution >= 4 is 24.9 Å². The van der Waals surface area contributed by atoms with E-state index in [4.69, 9.17) is 32.7 Å². The Bertz CT molecular complexity index is 1550. The Hall–Kier alpha value is -3.56. The number of carbonyl (C=O) groups is 1. The van der Waals surface area contributed by atoms with Gasteiger partial charge < -0.3 is 33.3 Å². The molecule has 43 heavy (non-hydrogen) atoms. The molecule has 0 saturated carbocycles. The van der Waals surface area contributed by atoms with E-state index in [0.717, 1.165) is 6.92 Å². The maximum atomic E-state index is 16.1. The van der Waals surface area contributed by atoms with Crippen LogP contribution in [0.3, 0.4) is 0 Å². The Morgan fingerprint density at radius 2 is 2.07 bits per heavy atom. The number of aliphatic hydroxyl groups excluding tert-OH is 1. The zero-order valence-corrected chi connectivity index (χ0v) is 25.2. The molecule has 1 saturated heterocycles. The zero-order valence-electron chi connectivity index (χ0n) is 24.3. The molecule has 15 nitrogen and oxygen atoms in total. The molecule has 0 bridgehead atoms. The van der Waals surface area contributed by atoms with Crippen LogP contribution in [0.5, 0.6) is 23.1 Å². The summed E-state index contributed by atoms with van der Waals surface area (Å²) in [6, 6.07) is 3.54. The normalized spacial score (nSPS) is 25.1. The molecule has 6 atom stereocenters. The Morgan fingerprint density at radius 1 is 1.30 bits per heavy atom. The van der Waals surface area contributed by atoms with Crippen molar-refractivity contribution in [2.75, 3.05) is 20.5 Å². The smallest absolute Gasteiger partial charge is 0.459 e. The number of alkyl halides is 1. The number of hydrogen-bond donors (Lipinski definition) is 2. The Kier molecular flexibility index (Phi) is 8.51. The van der Waals surface area contributed by atoms with E-state index in [1.54, 1.807) is 32.9 Å². The number of aromatic nitrogens is 4. The minimum absolute atomic E-state index is 0.00485. The number of benzene rings is 1. The van der Waals surface area contributed by atoms with E-state index in [0.29, 0.717) is 11.6 Å². The van der Waals surface area contributed by atoms with Gasteiger partial charge in [-0.1, -0.05) is 6.07 Å². The average molecular weight is 626 g/mol. The topological polar surface area (TPSA) is 175 Å². The fraction of sp³-hybridized carbons (Fsp3) is 0.538. The highest BCUT2D eigenvalue weighted by atomic mass is 31.2. The lowest BCUT2D eigenvalue weighted by molar-refractivity contribution is -0.149. The number of esters is 1. The molecule has 2 N–H and O–H groups in total. The maximum Gasteiger partial charge on any atom is 0.459 e. The molecule has 1 fully saturated rings. The van der Waals surface area contributed by atoms with Gasteiger partial charge in [0.25, 0.3) is 0 Å². The Balaban J connectivity index is 1.39. The molecule has 0 amide bonds. The van der Waals surface area contributed by atoms with E-state index in [9.17, 15) is 14.5 Å². The van der Waals surface area contributed by atoms with Crippen molar-refractivity contribution in [1.82, 2.24) is 24.6 Å². The van der Waals surface area contributed by atoms with Gasteiger partial charge in [0, 0.05) is 0 Å². The molecule has 0 aliphatic carbocycles. The Morgan fingerprint density at radius 3 is 2.79 bits per heavy atom. The largest absolute Gasteiger partial charge is 0.479 e. The van der Waals surface area contributed by atoms with Crippen LogP contribution in [0.25, 0.3) is 11.2 Å². The van der Waals surface area contributed by atoms with Crippen molar-refractivity contribution in [3.63, 3.8) is 0 Å². The summed E-state index contributed by atoms with van der Waals surface area (Å²) in [6.45, 7) is 6.85. The van der Waals surface area contributed by atoms with Gasteiger partial charge in [-0.15, -0.1) is 0 Å². The van der Waals surface area contributed by atoms with Gasteiger partial charge in [0.1, 0.15) is 24.1 Å². The highest BCUT2D eigenvalue weighted by Gasteiger charge is 2.56. The van der Waals surface area contributed by atoms with Crippen LogP contribution < -0.4 is 23.8 Å². The fourth-order valence-corrected chi connectivity index (χ4v) is 6.16. The number of hydrogen-bond acceptors (Lipinski definition) is 13. The molecular formula is C26H33FN5O10P. The first-order chi connectivity index (χ1) is 20.3. The predicted octanol–water partition coefficient (Wildman–Crippen LogP) is 2.99. The molecule has 4 heterocycles. The van der Waals surface area contributed by atoms with Gasteiger partial charge in [0.2, 0.25) is 18.4 Å². The van der Waals surface area contributed by atoms with Gasteiger partial charge in [-0.25, -0.2) is 18.9 Å². The molecule has 0 radical (unpaired) electrons. The number of methoxy groups -OCH3 is 1. The van der Waals surface area contributed by atoms with Crippen LogP contribution in [0.2, 0.25) is 0 Å². The summed E-state index contributed by atoms with van der Waals surface area (Å²) in [5.74, 6) is 0.361.